The molecule has 2 aliphatic heterocycles. The number of benzene rings is 1. The maximum absolute atomic E-state index is 12.8. The fourth-order valence-electron chi connectivity index (χ4n) is 3.75. The number of carbonyl (C=O) groups is 3. The number of nitrogens with zero attached hydrogens (tertiary/aromatic N) is 4. The van der Waals surface area contributed by atoms with Crippen molar-refractivity contribution < 1.29 is 24.6 Å². The van der Waals surface area contributed by atoms with Crippen LogP contribution in [0.2, 0.25) is 0 Å². The summed E-state index contributed by atoms with van der Waals surface area (Å²) in [5.41, 5.74) is -0.730. The highest BCUT2D eigenvalue weighted by atomic mass is 32.2. The van der Waals surface area contributed by atoms with Gasteiger partial charge in [-0.15, -0.1) is 28.5 Å². The molecule has 1 aromatic carbocycles. The zero-order valence-corrected chi connectivity index (χ0v) is 19.2. The lowest BCUT2D eigenvalue weighted by atomic mass is 9.89. The second-order valence-electron chi connectivity index (χ2n) is 7.90. The minimum absolute atomic E-state index is 0.0367. The molecule has 0 aliphatic carbocycles. The third-order valence-corrected chi connectivity index (χ3v) is 8.50. The van der Waals surface area contributed by atoms with E-state index in [1.807, 2.05) is 0 Å². The first-order chi connectivity index (χ1) is 15.9. The van der Waals surface area contributed by atoms with E-state index >= 15 is 0 Å². The smallest absolute Gasteiger partial charge is 0.313 e. The molecule has 3 heterocycles. The summed E-state index contributed by atoms with van der Waals surface area (Å²) in [6, 6.07) is 7.66. The standard InChI is InChI=1S/C21H23N5O5S2/c1-2-8-25-12-22-24-20(25)33-11-21(19(30)31)9-26-17(29)14(18(26)32-10-21)23-16(28)15(27)13-6-4-3-5-7-13/h2-7,12,14-15,18,27H,1,8-11H2,(H,23,28)(H,30,31)/t14?,15?,18-,21?/m1/s1. The maximum atomic E-state index is 12.8. The van der Waals surface area contributed by atoms with E-state index in [4.69, 9.17) is 0 Å². The molecule has 4 rings (SSSR count). The van der Waals surface area contributed by atoms with Gasteiger partial charge >= 0.3 is 5.97 Å². The second-order valence-corrected chi connectivity index (χ2v) is 9.94. The first-order valence-corrected chi connectivity index (χ1v) is 12.2. The number of hydrogen-bond acceptors (Lipinski definition) is 8. The molecular formula is C21H23N5O5S2. The second kappa shape index (κ2) is 9.57. The Bertz CT molecular complexity index is 1060. The van der Waals surface area contributed by atoms with Crippen LogP contribution in [-0.2, 0) is 20.9 Å². The summed E-state index contributed by atoms with van der Waals surface area (Å²) in [6.45, 7) is 4.23. The fraction of sp³-hybridized carbons (Fsp3) is 0.381. The molecule has 3 unspecified atom stereocenters. The summed E-state index contributed by atoms with van der Waals surface area (Å²) in [5.74, 6) is -1.52. The third-order valence-electron chi connectivity index (χ3n) is 5.64. The van der Waals surface area contributed by atoms with Crippen molar-refractivity contribution in [1.82, 2.24) is 25.0 Å². The number of nitrogens with one attached hydrogen (secondary N) is 1. The highest BCUT2D eigenvalue weighted by Gasteiger charge is 2.57. The first kappa shape index (κ1) is 23.3. The van der Waals surface area contributed by atoms with Gasteiger partial charge in [-0.2, -0.15) is 0 Å². The van der Waals surface area contributed by atoms with Gasteiger partial charge in [0.25, 0.3) is 5.91 Å². The summed E-state index contributed by atoms with van der Waals surface area (Å²) in [4.78, 5) is 38.9. The predicted octanol–water partition coefficient (Wildman–Crippen LogP) is 0.761. The number of thioether (sulfide) groups is 2. The van der Waals surface area contributed by atoms with Crippen molar-refractivity contribution in [2.24, 2.45) is 5.41 Å². The number of β-lactam (4-membered cyclic amide) rings is 1. The molecule has 0 radical (unpaired) electrons. The number of aliphatic hydroxyl groups excluding tert-OH is 1. The van der Waals surface area contributed by atoms with Gasteiger partial charge in [0.05, 0.1) is 0 Å². The number of aliphatic hydroxyl groups is 1. The largest absolute Gasteiger partial charge is 0.481 e. The molecule has 10 nitrogen and oxygen atoms in total. The number of allylic oxidation sites excluding steroid dienone is 1. The number of carboxylic acids is 1. The lowest BCUT2D eigenvalue weighted by Gasteiger charge is -2.53. The van der Waals surface area contributed by atoms with Crippen molar-refractivity contribution in [1.29, 1.82) is 0 Å². The molecule has 2 aliphatic rings. The highest BCUT2D eigenvalue weighted by Crippen LogP contribution is 2.44. The number of carboxylic acid groups (broad SMARTS) is 1. The molecule has 12 heteroatoms. The maximum Gasteiger partial charge on any atom is 0.313 e. The molecule has 0 saturated carbocycles. The highest BCUT2D eigenvalue weighted by molar-refractivity contribution is 8.00. The summed E-state index contributed by atoms with van der Waals surface area (Å²) in [5, 5.41) is 31.0. The zero-order chi connectivity index (χ0) is 23.6. The molecule has 3 N–H and O–H groups in total. The quantitative estimate of drug-likeness (QED) is 0.265. The molecular weight excluding hydrogens is 466 g/mol. The van der Waals surface area contributed by atoms with Crippen LogP contribution in [0.1, 0.15) is 11.7 Å². The van der Waals surface area contributed by atoms with Crippen LogP contribution in [-0.4, -0.2) is 77.1 Å². The Morgan fingerprint density at radius 2 is 2.15 bits per heavy atom. The molecule has 0 spiro atoms. The number of carbonyl (C=O) groups excluding carboxylic acids is 2. The molecule has 2 aromatic rings. The number of aliphatic carboxylic acids is 1. The minimum atomic E-state index is -1.39. The molecule has 2 fully saturated rings. The van der Waals surface area contributed by atoms with Gasteiger partial charge in [-0.05, 0) is 5.56 Å². The molecule has 1 aromatic heterocycles. The van der Waals surface area contributed by atoms with Crippen LogP contribution in [0.4, 0.5) is 0 Å². The molecule has 4 atom stereocenters. The predicted molar refractivity (Wildman–Crippen MR) is 122 cm³/mol. The fourth-order valence-corrected chi connectivity index (χ4v) is 6.53. The van der Waals surface area contributed by atoms with Gasteiger partial charge in [-0.1, -0.05) is 48.2 Å². The van der Waals surface area contributed by atoms with Gasteiger partial charge in [0.15, 0.2) is 11.3 Å². The van der Waals surface area contributed by atoms with Gasteiger partial charge in [-0.25, -0.2) is 0 Å². The van der Waals surface area contributed by atoms with E-state index in [9.17, 15) is 24.6 Å². The summed E-state index contributed by atoms with van der Waals surface area (Å²) in [6.07, 6.45) is 1.87. The lowest BCUT2D eigenvalue weighted by molar-refractivity contribution is -0.158. The minimum Gasteiger partial charge on any atom is -0.481 e. The molecule has 33 heavy (non-hydrogen) atoms. The number of hydrogen-bond donors (Lipinski definition) is 3. The first-order valence-electron chi connectivity index (χ1n) is 10.2. The van der Waals surface area contributed by atoms with Gasteiger partial charge in [0.2, 0.25) is 5.91 Å². The zero-order valence-electron chi connectivity index (χ0n) is 17.5. The van der Waals surface area contributed by atoms with Gasteiger partial charge in [0, 0.05) is 24.6 Å². The Morgan fingerprint density at radius 3 is 2.85 bits per heavy atom. The van der Waals surface area contributed by atoms with Crippen LogP contribution in [0.15, 0.2) is 54.5 Å². The SMILES string of the molecule is C=CCn1cnnc1SCC1(C(=O)O)CS[C@@H]2C(NC(=O)C(O)c3ccccc3)C(=O)N2C1. The van der Waals surface area contributed by atoms with Gasteiger partial charge < -0.3 is 25.0 Å². The van der Waals surface area contributed by atoms with Crippen LogP contribution in [0.3, 0.4) is 0 Å². The molecule has 0 bridgehead atoms. The van der Waals surface area contributed by atoms with E-state index in [0.717, 1.165) is 0 Å². The normalized spacial score (nSPS) is 25.0. The summed E-state index contributed by atoms with van der Waals surface area (Å²) >= 11 is 2.59. The Kier molecular flexibility index (Phi) is 6.77. The van der Waals surface area contributed by atoms with Crippen molar-refractivity contribution in [3.8, 4) is 0 Å². The van der Waals surface area contributed by atoms with Crippen molar-refractivity contribution in [3.05, 3.63) is 54.9 Å². The van der Waals surface area contributed by atoms with Crippen molar-refractivity contribution in [3.63, 3.8) is 0 Å². The van der Waals surface area contributed by atoms with E-state index in [2.05, 4.69) is 22.1 Å². The van der Waals surface area contributed by atoms with Crippen molar-refractivity contribution in [2.75, 3.05) is 18.1 Å². The summed E-state index contributed by atoms with van der Waals surface area (Å²) in [7, 11) is 0. The Morgan fingerprint density at radius 1 is 1.39 bits per heavy atom. The van der Waals surface area contributed by atoms with E-state index in [-0.39, 0.29) is 29.3 Å². The molecule has 2 saturated heterocycles. The number of fused-ring (bicyclic) bond motifs is 1. The topological polar surface area (TPSA) is 138 Å². The Labute approximate surface area is 198 Å². The van der Waals surface area contributed by atoms with Crippen LogP contribution < -0.4 is 5.32 Å². The number of aromatic nitrogens is 3. The lowest BCUT2D eigenvalue weighted by Crippen LogP contribution is -2.74. The van der Waals surface area contributed by atoms with Crippen LogP contribution in [0.25, 0.3) is 0 Å². The van der Waals surface area contributed by atoms with E-state index < -0.39 is 29.4 Å². The third kappa shape index (κ3) is 4.50. The van der Waals surface area contributed by atoms with Crippen LogP contribution >= 0.6 is 23.5 Å². The average Bonchev–Trinajstić information content (AvgIpc) is 3.28. The number of amides is 2. The summed E-state index contributed by atoms with van der Waals surface area (Å²) < 4.78 is 1.77. The van der Waals surface area contributed by atoms with Crippen LogP contribution in [0.5, 0.6) is 0 Å². The molecule has 174 valence electrons. The monoisotopic (exact) mass is 489 g/mol. The molecule has 2 amide bonds. The van der Waals surface area contributed by atoms with Gasteiger partial charge in [-0.3, -0.25) is 14.4 Å². The Hall–Kier alpha value is -2.83. The average molecular weight is 490 g/mol. The van der Waals surface area contributed by atoms with Crippen LogP contribution in [0, 0.1) is 5.41 Å². The van der Waals surface area contributed by atoms with E-state index in [0.29, 0.717) is 17.3 Å². The number of rotatable bonds is 9. The van der Waals surface area contributed by atoms with Gasteiger partial charge in [0.1, 0.15) is 23.2 Å². The Balaban J connectivity index is 1.39. The van der Waals surface area contributed by atoms with E-state index in [1.165, 1.54) is 28.4 Å². The van der Waals surface area contributed by atoms with Crippen molar-refractivity contribution in [2.45, 2.75) is 29.2 Å². The van der Waals surface area contributed by atoms with E-state index in [1.54, 1.807) is 47.3 Å². The van der Waals surface area contributed by atoms with Crippen molar-refractivity contribution >= 4 is 41.3 Å².